The molecule has 1 aromatic carbocycles. The van der Waals surface area contributed by atoms with Crippen molar-refractivity contribution in [1.82, 2.24) is 4.72 Å². The number of halogens is 3. The van der Waals surface area contributed by atoms with Gasteiger partial charge in [-0.05, 0) is 37.1 Å². The summed E-state index contributed by atoms with van der Waals surface area (Å²) in [6.07, 6.45) is -2.60. The number of rotatable bonds is 3. The second kappa shape index (κ2) is 5.94. The molecule has 2 N–H and O–H groups in total. The lowest BCUT2D eigenvalue weighted by molar-refractivity contribution is -0.137. The molecule has 0 bridgehead atoms. The van der Waals surface area contributed by atoms with E-state index >= 15 is 0 Å². The van der Waals surface area contributed by atoms with Crippen LogP contribution in [0.2, 0.25) is 0 Å². The van der Waals surface area contributed by atoms with Crippen LogP contribution >= 0.6 is 0 Å². The van der Waals surface area contributed by atoms with Gasteiger partial charge in [-0.15, -0.1) is 0 Å². The zero-order valence-corrected chi connectivity index (χ0v) is 11.9. The Labute approximate surface area is 121 Å². The third-order valence-electron chi connectivity index (χ3n) is 3.53. The van der Waals surface area contributed by atoms with Crippen LogP contribution in [0.1, 0.15) is 31.2 Å². The van der Waals surface area contributed by atoms with Crippen LogP contribution in [-0.2, 0) is 16.2 Å². The molecule has 0 heterocycles. The van der Waals surface area contributed by atoms with Gasteiger partial charge in [0.2, 0.25) is 10.0 Å². The number of benzene rings is 1. The molecule has 4 nitrogen and oxygen atoms in total. The average Bonchev–Trinajstić information content (AvgIpc) is 2.40. The summed E-state index contributed by atoms with van der Waals surface area (Å²) >= 11 is 0. The van der Waals surface area contributed by atoms with Crippen molar-refractivity contribution in [2.24, 2.45) is 0 Å². The molecule has 1 saturated carbocycles. The first kappa shape index (κ1) is 16.3. The summed E-state index contributed by atoms with van der Waals surface area (Å²) in [5.41, 5.74) is -0.904. The van der Waals surface area contributed by atoms with Crippen molar-refractivity contribution in [1.29, 1.82) is 0 Å². The molecule has 0 radical (unpaired) electrons. The largest absolute Gasteiger partial charge is 0.416 e. The zero-order chi connectivity index (χ0) is 15.7. The number of hydrogen-bond donors (Lipinski definition) is 2. The summed E-state index contributed by atoms with van der Waals surface area (Å²) < 4.78 is 63.9. The quantitative estimate of drug-likeness (QED) is 0.897. The van der Waals surface area contributed by atoms with Crippen LogP contribution in [0.4, 0.5) is 13.2 Å². The molecular formula is C13H16F3NO3S. The lowest BCUT2D eigenvalue weighted by Gasteiger charge is -2.28. The summed E-state index contributed by atoms with van der Waals surface area (Å²) in [5, 5.41) is 9.75. The molecular weight excluding hydrogens is 307 g/mol. The minimum Gasteiger partial charge on any atom is -0.391 e. The molecule has 1 aliphatic carbocycles. The van der Waals surface area contributed by atoms with Gasteiger partial charge in [-0.25, -0.2) is 13.1 Å². The highest BCUT2D eigenvalue weighted by molar-refractivity contribution is 7.89. The van der Waals surface area contributed by atoms with Crippen LogP contribution in [0, 0.1) is 0 Å². The Morgan fingerprint density at radius 3 is 2.19 bits per heavy atom. The molecule has 0 amide bonds. The number of hydrogen-bond acceptors (Lipinski definition) is 3. The van der Waals surface area contributed by atoms with E-state index < -0.39 is 33.9 Å². The summed E-state index contributed by atoms with van der Waals surface area (Å²) in [4.78, 5) is -0.242. The number of nitrogens with one attached hydrogen (secondary N) is 1. The fourth-order valence-corrected chi connectivity index (χ4v) is 3.64. The smallest absolute Gasteiger partial charge is 0.391 e. The van der Waals surface area contributed by atoms with E-state index in [1.807, 2.05) is 0 Å². The van der Waals surface area contributed by atoms with Crippen molar-refractivity contribution < 1.29 is 26.7 Å². The molecule has 1 fully saturated rings. The van der Waals surface area contributed by atoms with E-state index in [9.17, 15) is 26.7 Å². The van der Waals surface area contributed by atoms with Gasteiger partial charge in [-0.3, -0.25) is 0 Å². The van der Waals surface area contributed by atoms with Crippen LogP contribution in [0.15, 0.2) is 29.2 Å². The standard InChI is InChI=1S/C13H16F3NO3S/c14-13(15,16)9-5-7-10(8-6-9)21(19,20)17-11-3-1-2-4-12(11)18/h5-8,11-12,17-18H,1-4H2/t11-,12-/m1/s1. The van der Waals surface area contributed by atoms with Gasteiger partial charge in [-0.1, -0.05) is 12.8 Å². The van der Waals surface area contributed by atoms with Gasteiger partial charge in [0.1, 0.15) is 0 Å². The molecule has 1 aliphatic rings. The lowest BCUT2D eigenvalue weighted by Crippen LogP contribution is -2.44. The third kappa shape index (κ3) is 3.96. The minimum atomic E-state index is -4.50. The Balaban J connectivity index is 2.16. The van der Waals surface area contributed by atoms with Crippen molar-refractivity contribution in [3.05, 3.63) is 29.8 Å². The van der Waals surface area contributed by atoms with Gasteiger partial charge >= 0.3 is 6.18 Å². The van der Waals surface area contributed by atoms with Crippen molar-refractivity contribution in [3.8, 4) is 0 Å². The van der Waals surface area contributed by atoms with Crippen LogP contribution in [-0.4, -0.2) is 25.7 Å². The fraction of sp³-hybridized carbons (Fsp3) is 0.538. The van der Waals surface area contributed by atoms with Gasteiger partial charge in [0, 0.05) is 6.04 Å². The first-order valence-electron chi connectivity index (χ1n) is 6.58. The second-order valence-electron chi connectivity index (χ2n) is 5.10. The van der Waals surface area contributed by atoms with Gasteiger partial charge in [0.25, 0.3) is 0 Å². The van der Waals surface area contributed by atoms with Crippen LogP contribution < -0.4 is 4.72 Å². The molecule has 1 aromatic rings. The number of aliphatic hydroxyl groups is 1. The van der Waals surface area contributed by atoms with Crippen LogP contribution in [0.5, 0.6) is 0 Å². The lowest BCUT2D eigenvalue weighted by atomic mass is 9.93. The van der Waals surface area contributed by atoms with E-state index in [1.165, 1.54) is 0 Å². The molecule has 21 heavy (non-hydrogen) atoms. The Morgan fingerprint density at radius 1 is 1.10 bits per heavy atom. The molecule has 0 aliphatic heterocycles. The predicted molar refractivity (Wildman–Crippen MR) is 70.0 cm³/mol. The maximum absolute atomic E-state index is 12.4. The monoisotopic (exact) mass is 323 g/mol. The topological polar surface area (TPSA) is 66.4 Å². The summed E-state index contributed by atoms with van der Waals surface area (Å²) in [6, 6.07) is 2.70. The maximum atomic E-state index is 12.4. The van der Waals surface area contributed by atoms with Gasteiger partial charge in [0.05, 0.1) is 16.6 Å². The first-order chi connectivity index (χ1) is 9.70. The van der Waals surface area contributed by atoms with E-state index in [-0.39, 0.29) is 4.90 Å². The van der Waals surface area contributed by atoms with Crippen molar-refractivity contribution in [2.45, 2.75) is 48.9 Å². The number of aliphatic hydroxyl groups excluding tert-OH is 1. The molecule has 0 unspecified atom stereocenters. The third-order valence-corrected chi connectivity index (χ3v) is 5.03. The molecule has 2 rings (SSSR count). The molecule has 8 heteroatoms. The highest BCUT2D eigenvalue weighted by Crippen LogP contribution is 2.30. The number of alkyl halides is 3. The Morgan fingerprint density at radius 2 is 1.67 bits per heavy atom. The SMILES string of the molecule is O=S(=O)(N[C@@H]1CCCC[C@H]1O)c1ccc(C(F)(F)F)cc1. The van der Waals surface area contributed by atoms with Crippen molar-refractivity contribution in [2.75, 3.05) is 0 Å². The van der Waals surface area contributed by atoms with Gasteiger partial charge in [0.15, 0.2) is 0 Å². The first-order valence-corrected chi connectivity index (χ1v) is 8.06. The molecule has 0 aromatic heterocycles. The molecule has 2 atom stereocenters. The number of sulfonamides is 1. The summed E-state index contributed by atoms with van der Waals surface area (Å²) in [7, 11) is -3.93. The van der Waals surface area contributed by atoms with E-state index in [2.05, 4.69) is 4.72 Å². The zero-order valence-electron chi connectivity index (χ0n) is 11.1. The maximum Gasteiger partial charge on any atom is 0.416 e. The Bertz CT molecular complexity index is 584. The van der Waals surface area contributed by atoms with Crippen molar-refractivity contribution in [3.63, 3.8) is 0 Å². The summed E-state index contributed by atoms with van der Waals surface area (Å²) in [5.74, 6) is 0. The average molecular weight is 323 g/mol. The molecule has 0 saturated heterocycles. The van der Waals surface area contributed by atoms with Crippen LogP contribution in [0.3, 0.4) is 0 Å². The van der Waals surface area contributed by atoms with Crippen molar-refractivity contribution >= 4 is 10.0 Å². The predicted octanol–water partition coefficient (Wildman–Crippen LogP) is 2.29. The fourth-order valence-electron chi connectivity index (χ4n) is 2.34. The summed E-state index contributed by atoms with van der Waals surface area (Å²) in [6.45, 7) is 0. The molecule has 118 valence electrons. The van der Waals surface area contributed by atoms with Gasteiger partial charge in [-0.2, -0.15) is 13.2 Å². The Kier molecular flexibility index (Phi) is 4.60. The highest BCUT2D eigenvalue weighted by Gasteiger charge is 2.32. The van der Waals surface area contributed by atoms with Crippen LogP contribution in [0.25, 0.3) is 0 Å². The Hall–Kier alpha value is -1.12. The molecule has 0 spiro atoms. The second-order valence-corrected chi connectivity index (χ2v) is 6.82. The highest BCUT2D eigenvalue weighted by atomic mass is 32.2. The van der Waals surface area contributed by atoms with E-state index in [0.29, 0.717) is 12.8 Å². The van der Waals surface area contributed by atoms with Gasteiger partial charge < -0.3 is 5.11 Å². The van der Waals surface area contributed by atoms with E-state index in [1.54, 1.807) is 0 Å². The van der Waals surface area contributed by atoms with E-state index in [0.717, 1.165) is 37.1 Å². The minimum absolute atomic E-state index is 0.242. The van der Waals surface area contributed by atoms with E-state index in [4.69, 9.17) is 0 Å². The normalized spacial score (nSPS) is 24.0.